The van der Waals surface area contributed by atoms with E-state index in [4.69, 9.17) is 4.74 Å². The summed E-state index contributed by atoms with van der Waals surface area (Å²) in [4.78, 5) is 12.6. The molecule has 0 aromatic rings. The van der Waals surface area contributed by atoms with Crippen LogP contribution in [-0.2, 0) is 9.53 Å². The van der Waals surface area contributed by atoms with Gasteiger partial charge in [0.15, 0.2) is 0 Å². The first-order valence-electron chi connectivity index (χ1n) is 12.9. The zero-order chi connectivity index (χ0) is 19.8. The van der Waals surface area contributed by atoms with Crippen LogP contribution in [0.4, 0.5) is 0 Å². The molecular formula is C26H46O2. The lowest BCUT2D eigenvalue weighted by Gasteiger charge is -2.37. The summed E-state index contributed by atoms with van der Waals surface area (Å²) in [5.74, 6) is 4.00. The highest BCUT2D eigenvalue weighted by Gasteiger charge is 2.34. The lowest BCUT2D eigenvalue weighted by atomic mass is 9.68. The predicted octanol–water partition coefficient (Wildman–Crippen LogP) is 7.69. The van der Waals surface area contributed by atoms with Gasteiger partial charge in [-0.25, -0.2) is 0 Å². The Hall–Kier alpha value is -0.530. The van der Waals surface area contributed by atoms with E-state index < -0.39 is 0 Å². The lowest BCUT2D eigenvalue weighted by Crippen LogP contribution is -2.32. The first kappa shape index (κ1) is 22.2. The highest BCUT2D eigenvalue weighted by atomic mass is 16.5. The van der Waals surface area contributed by atoms with Crippen LogP contribution in [0.15, 0.2) is 0 Å². The Labute approximate surface area is 174 Å². The number of carbonyl (C=O) groups excluding carboxylic acids is 1. The van der Waals surface area contributed by atoms with Crippen LogP contribution in [0, 0.1) is 29.6 Å². The molecule has 28 heavy (non-hydrogen) atoms. The molecule has 3 aliphatic rings. The molecule has 3 rings (SSSR count). The molecule has 0 bridgehead atoms. The summed E-state index contributed by atoms with van der Waals surface area (Å²) in [5.41, 5.74) is 0. The second kappa shape index (κ2) is 11.6. The summed E-state index contributed by atoms with van der Waals surface area (Å²) in [6.07, 6.45) is 22.6. The number of esters is 1. The minimum atomic E-state index is 0.133. The van der Waals surface area contributed by atoms with Crippen LogP contribution in [-0.4, -0.2) is 12.1 Å². The zero-order valence-electron chi connectivity index (χ0n) is 18.8. The molecule has 162 valence electrons. The molecule has 0 aliphatic heterocycles. The summed E-state index contributed by atoms with van der Waals surface area (Å²) < 4.78 is 5.89. The van der Waals surface area contributed by atoms with Gasteiger partial charge in [0.25, 0.3) is 0 Å². The van der Waals surface area contributed by atoms with Gasteiger partial charge in [-0.2, -0.15) is 0 Å². The lowest BCUT2D eigenvalue weighted by molar-refractivity contribution is -0.157. The fourth-order valence-corrected chi connectivity index (χ4v) is 6.24. The molecular weight excluding hydrogens is 344 g/mol. The van der Waals surface area contributed by atoms with Crippen LogP contribution in [0.25, 0.3) is 0 Å². The van der Waals surface area contributed by atoms with E-state index >= 15 is 0 Å². The third-order valence-electron chi connectivity index (χ3n) is 8.37. The van der Waals surface area contributed by atoms with Gasteiger partial charge in [0.2, 0.25) is 0 Å². The maximum Gasteiger partial charge on any atom is 0.309 e. The fourth-order valence-electron chi connectivity index (χ4n) is 6.24. The van der Waals surface area contributed by atoms with Crippen molar-refractivity contribution in [2.24, 2.45) is 29.6 Å². The Kier molecular flexibility index (Phi) is 9.18. The van der Waals surface area contributed by atoms with Crippen LogP contribution in [0.2, 0.25) is 0 Å². The van der Waals surface area contributed by atoms with E-state index in [-0.39, 0.29) is 18.0 Å². The third kappa shape index (κ3) is 6.77. The van der Waals surface area contributed by atoms with Crippen molar-refractivity contribution in [3.63, 3.8) is 0 Å². The average molecular weight is 391 g/mol. The smallest absolute Gasteiger partial charge is 0.309 e. The molecule has 0 spiro atoms. The zero-order valence-corrected chi connectivity index (χ0v) is 18.8. The van der Waals surface area contributed by atoms with Gasteiger partial charge in [0.1, 0.15) is 6.10 Å². The summed E-state index contributed by atoms with van der Waals surface area (Å²) in [5, 5.41) is 0. The van der Waals surface area contributed by atoms with E-state index in [0.29, 0.717) is 0 Å². The number of ether oxygens (including phenoxy) is 1. The number of rotatable bonds is 8. The van der Waals surface area contributed by atoms with Gasteiger partial charge < -0.3 is 4.74 Å². The van der Waals surface area contributed by atoms with Crippen LogP contribution in [0.1, 0.15) is 123 Å². The van der Waals surface area contributed by atoms with Crippen molar-refractivity contribution in [1.29, 1.82) is 0 Å². The molecule has 0 aromatic carbocycles. The normalized spacial score (nSPS) is 36.8. The van der Waals surface area contributed by atoms with Gasteiger partial charge in [-0.1, -0.05) is 58.8 Å². The highest BCUT2D eigenvalue weighted by molar-refractivity contribution is 5.72. The van der Waals surface area contributed by atoms with Crippen molar-refractivity contribution >= 4 is 5.97 Å². The van der Waals surface area contributed by atoms with Crippen molar-refractivity contribution in [1.82, 2.24) is 0 Å². The number of hydrogen-bond donors (Lipinski definition) is 0. The number of carbonyl (C=O) groups is 1. The molecule has 3 saturated carbocycles. The summed E-state index contributed by atoms with van der Waals surface area (Å²) in [7, 11) is 0. The summed E-state index contributed by atoms with van der Waals surface area (Å²) in [6, 6.07) is 0. The number of hydrogen-bond acceptors (Lipinski definition) is 2. The molecule has 0 saturated heterocycles. The minimum Gasteiger partial charge on any atom is -0.462 e. The Morgan fingerprint density at radius 3 is 1.96 bits per heavy atom. The molecule has 0 atom stereocenters. The second-order valence-corrected chi connectivity index (χ2v) is 10.6. The topological polar surface area (TPSA) is 26.3 Å². The van der Waals surface area contributed by atoms with Crippen molar-refractivity contribution in [3.05, 3.63) is 0 Å². The molecule has 0 N–H and O–H groups in total. The standard InChI is InChI=1S/C26H46O2/c1-3-4-5-6-7-21-10-12-22(13-11-21)23-14-16-24(17-15-23)26(27)28-25-18-8-20(2)9-19-25/h20-25H,3-19H2,1-2H3. The molecule has 3 fully saturated rings. The van der Waals surface area contributed by atoms with Gasteiger partial charge in [-0.05, 0) is 87.9 Å². The summed E-state index contributed by atoms with van der Waals surface area (Å²) in [6.45, 7) is 4.62. The first-order chi connectivity index (χ1) is 13.7. The Bertz CT molecular complexity index is 435. The van der Waals surface area contributed by atoms with Crippen LogP contribution >= 0.6 is 0 Å². The molecule has 2 heteroatoms. The van der Waals surface area contributed by atoms with Crippen molar-refractivity contribution in [3.8, 4) is 0 Å². The second-order valence-electron chi connectivity index (χ2n) is 10.6. The molecule has 0 aromatic heterocycles. The van der Waals surface area contributed by atoms with E-state index in [1.807, 2.05) is 0 Å². The van der Waals surface area contributed by atoms with E-state index in [9.17, 15) is 4.79 Å². The minimum absolute atomic E-state index is 0.133. The van der Waals surface area contributed by atoms with E-state index in [2.05, 4.69) is 13.8 Å². The van der Waals surface area contributed by atoms with Gasteiger partial charge in [-0.3, -0.25) is 4.79 Å². The van der Waals surface area contributed by atoms with Crippen LogP contribution < -0.4 is 0 Å². The van der Waals surface area contributed by atoms with Crippen LogP contribution in [0.3, 0.4) is 0 Å². The van der Waals surface area contributed by atoms with Gasteiger partial charge in [0.05, 0.1) is 5.92 Å². The fraction of sp³-hybridized carbons (Fsp3) is 0.962. The third-order valence-corrected chi connectivity index (χ3v) is 8.37. The summed E-state index contributed by atoms with van der Waals surface area (Å²) >= 11 is 0. The molecule has 0 unspecified atom stereocenters. The Balaban J connectivity index is 1.30. The van der Waals surface area contributed by atoms with Crippen molar-refractivity contribution < 1.29 is 9.53 Å². The van der Waals surface area contributed by atoms with Gasteiger partial charge in [0, 0.05) is 0 Å². The highest BCUT2D eigenvalue weighted by Crippen LogP contribution is 2.42. The predicted molar refractivity (Wildman–Crippen MR) is 117 cm³/mol. The molecule has 2 nitrogen and oxygen atoms in total. The maximum absolute atomic E-state index is 12.6. The monoisotopic (exact) mass is 390 g/mol. The largest absolute Gasteiger partial charge is 0.462 e. The quantitative estimate of drug-likeness (QED) is 0.313. The van der Waals surface area contributed by atoms with E-state index in [1.165, 1.54) is 83.5 Å². The SMILES string of the molecule is CCCCCCC1CCC(C2CCC(C(=O)OC3CCC(C)CC3)CC2)CC1. The van der Waals surface area contributed by atoms with Crippen molar-refractivity contribution in [2.75, 3.05) is 0 Å². The molecule has 0 heterocycles. The van der Waals surface area contributed by atoms with Gasteiger partial charge >= 0.3 is 5.97 Å². The number of unbranched alkanes of at least 4 members (excludes halogenated alkanes) is 3. The van der Waals surface area contributed by atoms with Crippen LogP contribution in [0.5, 0.6) is 0 Å². The molecule has 0 radical (unpaired) electrons. The molecule has 3 aliphatic carbocycles. The van der Waals surface area contributed by atoms with E-state index in [0.717, 1.165) is 49.4 Å². The Morgan fingerprint density at radius 2 is 1.36 bits per heavy atom. The maximum atomic E-state index is 12.6. The Morgan fingerprint density at radius 1 is 0.750 bits per heavy atom. The average Bonchev–Trinajstić information content (AvgIpc) is 2.73. The molecule has 0 amide bonds. The van der Waals surface area contributed by atoms with Crippen molar-refractivity contribution in [2.45, 2.75) is 129 Å². The van der Waals surface area contributed by atoms with Gasteiger partial charge in [-0.15, -0.1) is 0 Å². The first-order valence-corrected chi connectivity index (χ1v) is 12.9. The van der Waals surface area contributed by atoms with E-state index in [1.54, 1.807) is 0 Å².